The van der Waals surface area contributed by atoms with E-state index in [0.29, 0.717) is 28.4 Å². The van der Waals surface area contributed by atoms with E-state index >= 15 is 0 Å². The molecule has 4 aromatic rings. The number of nitrogens with one attached hydrogen (secondary N) is 1. The van der Waals surface area contributed by atoms with E-state index in [-0.39, 0.29) is 33.6 Å². The maximum atomic E-state index is 15.0. The van der Waals surface area contributed by atoms with E-state index in [9.17, 15) is 18.4 Å². The third-order valence-electron chi connectivity index (χ3n) is 5.92. The monoisotopic (exact) mass is 562 g/mol. The van der Waals surface area contributed by atoms with Crippen molar-refractivity contribution in [3.05, 3.63) is 63.9 Å². The number of alkyl halides is 1. The van der Waals surface area contributed by atoms with Gasteiger partial charge in [0.05, 0.1) is 17.4 Å². The number of halogens is 4. The van der Waals surface area contributed by atoms with Crippen molar-refractivity contribution in [2.24, 2.45) is 0 Å². The molecular formula is C24H18BrClF2N4O3. The van der Waals surface area contributed by atoms with Crippen molar-refractivity contribution in [2.75, 3.05) is 17.8 Å². The first kappa shape index (κ1) is 23.8. The number of ketones is 1. The molecule has 3 heterocycles. The number of hydrogen-bond donors (Lipinski definition) is 1. The number of ether oxygens (including phenoxy) is 1. The molecule has 0 radical (unpaired) electrons. The molecule has 2 aromatic heterocycles. The lowest BCUT2D eigenvalue weighted by molar-refractivity contribution is -0.113. The fraction of sp³-hybridized carbons (Fsp3) is 0.250. The highest BCUT2D eigenvalue weighted by Crippen LogP contribution is 2.36. The van der Waals surface area contributed by atoms with Gasteiger partial charge in [-0.3, -0.25) is 14.6 Å². The Labute approximate surface area is 211 Å². The van der Waals surface area contributed by atoms with Gasteiger partial charge in [0.15, 0.2) is 23.6 Å². The summed E-state index contributed by atoms with van der Waals surface area (Å²) in [7, 11) is 0. The fourth-order valence-electron chi connectivity index (χ4n) is 4.32. The van der Waals surface area contributed by atoms with Crippen molar-refractivity contribution in [1.29, 1.82) is 0 Å². The summed E-state index contributed by atoms with van der Waals surface area (Å²) >= 11 is 9.11. The van der Waals surface area contributed by atoms with E-state index in [2.05, 4.69) is 31.3 Å². The Morgan fingerprint density at radius 1 is 1.23 bits per heavy atom. The van der Waals surface area contributed by atoms with Crippen molar-refractivity contribution in [3.63, 3.8) is 0 Å². The first-order valence-electron chi connectivity index (χ1n) is 10.8. The third kappa shape index (κ3) is 4.19. The molecule has 1 aliphatic rings. The largest absolute Gasteiger partial charge is 0.356 e. The highest BCUT2D eigenvalue weighted by molar-refractivity contribution is 9.10. The average molecular weight is 564 g/mol. The molecule has 180 valence electrons. The predicted octanol–water partition coefficient (Wildman–Crippen LogP) is 5.73. The van der Waals surface area contributed by atoms with Crippen LogP contribution in [0.4, 0.5) is 14.5 Å². The second-order valence-electron chi connectivity index (χ2n) is 8.08. The minimum atomic E-state index is -1.19. The van der Waals surface area contributed by atoms with E-state index in [1.54, 1.807) is 18.3 Å². The number of fused-ring (bicyclic) bond motifs is 2. The maximum Gasteiger partial charge on any atom is 0.239 e. The molecule has 1 saturated heterocycles. The molecule has 0 aliphatic carbocycles. The van der Waals surface area contributed by atoms with Crippen LogP contribution in [0.3, 0.4) is 0 Å². The molecule has 1 amide bonds. The van der Waals surface area contributed by atoms with Crippen LogP contribution in [0, 0.1) is 11.6 Å². The van der Waals surface area contributed by atoms with Gasteiger partial charge in [-0.25, -0.2) is 13.5 Å². The minimum absolute atomic E-state index is 0.0600. The van der Waals surface area contributed by atoms with Crippen molar-refractivity contribution < 1.29 is 23.1 Å². The third-order valence-corrected chi connectivity index (χ3v) is 6.77. The van der Waals surface area contributed by atoms with Gasteiger partial charge in [0.2, 0.25) is 5.91 Å². The van der Waals surface area contributed by atoms with Crippen LogP contribution in [0.1, 0.15) is 41.4 Å². The molecule has 0 bridgehead atoms. The lowest BCUT2D eigenvalue weighted by atomic mass is 9.96. The average Bonchev–Trinajstić information content (AvgIpc) is 3.33. The number of hydrogen-bond acceptors (Lipinski definition) is 5. The standard InChI is InChI=1S/C24H18BrClF2N4O3/c25-16-8-14(21(31-18(33)10-26)12-4-3-6-29-22(12)16)24(34)13-9-17(27)20(28)23-15(13)11-30-32(23)19-5-1-2-7-35-19/h3-4,6,8-9,11,19H,1-2,5,7,10H2,(H,31,33). The van der Waals surface area contributed by atoms with E-state index in [1.807, 2.05) is 0 Å². The van der Waals surface area contributed by atoms with Crippen LogP contribution in [-0.2, 0) is 9.53 Å². The van der Waals surface area contributed by atoms with Crippen LogP contribution in [0.15, 0.2) is 41.1 Å². The van der Waals surface area contributed by atoms with Crippen LogP contribution in [0.25, 0.3) is 21.8 Å². The molecule has 5 rings (SSSR count). The van der Waals surface area contributed by atoms with E-state index in [1.165, 1.54) is 16.9 Å². The molecular weight excluding hydrogens is 546 g/mol. The first-order chi connectivity index (χ1) is 16.9. The number of benzene rings is 2. The molecule has 1 unspecified atom stereocenters. The molecule has 2 aromatic carbocycles. The van der Waals surface area contributed by atoms with E-state index in [0.717, 1.165) is 18.9 Å². The van der Waals surface area contributed by atoms with Gasteiger partial charge < -0.3 is 10.1 Å². The summed E-state index contributed by atoms with van der Waals surface area (Å²) in [5.74, 6) is -3.80. The number of pyridine rings is 1. The second kappa shape index (κ2) is 9.60. The lowest BCUT2D eigenvalue weighted by Gasteiger charge is -2.23. The summed E-state index contributed by atoms with van der Waals surface area (Å²) in [6.07, 6.45) is 4.67. The number of carbonyl (C=O) groups is 2. The van der Waals surface area contributed by atoms with Crippen LogP contribution in [0.5, 0.6) is 0 Å². The Balaban J connectivity index is 1.71. The molecule has 1 aliphatic heterocycles. The molecule has 11 heteroatoms. The quantitative estimate of drug-likeness (QED) is 0.248. The van der Waals surface area contributed by atoms with Gasteiger partial charge in [0, 0.05) is 39.2 Å². The highest BCUT2D eigenvalue weighted by atomic mass is 79.9. The SMILES string of the molecule is O=C(CCl)Nc1c(C(=O)c2cc(F)c(F)c3c2cnn3C2CCCCO2)cc(Br)c2ncccc12. The van der Waals surface area contributed by atoms with Gasteiger partial charge in [-0.15, -0.1) is 11.6 Å². The fourth-order valence-corrected chi connectivity index (χ4v) is 4.93. The Morgan fingerprint density at radius 3 is 2.80 bits per heavy atom. The van der Waals surface area contributed by atoms with Crippen molar-refractivity contribution in [3.8, 4) is 0 Å². The summed E-state index contributed by atoms with van der Waals surface area (Å²) in [4.78, 5) is 30.3. The number of anilines is 1. The number of carbonyl (C=O) groups excluding carboxylic acids is 2. The molecule has 1 atom stereocenters. The van der Waals surface area contributed by atoms with Crippen molar-refractivity contribution >= 4 is 66.7 Å². The zero-order valence-electron chi connectivity index (χ0n) is 18.2. The number of rotatable bonds is 5. The van der Waals surface area contributed by atoms with Gasteiger partial charge in [-0.2, -0.15) is 5.10 Å². The summed E-state index contributed by atoms with van der Waals surface area (Å²) in [6, 6.07) is 5.68. The number of amides is 1. The topological polar surface area (TPSA) is 86.1 Å². The predicted molar refractivity (Wildman–Crippen MR) is 131 cm³/mol. The van der Waals surface area contributed by atoms with E-state index in [4.69, 9.17) is 16.3 Å². The molecule has 35 heavy (non-hydrogen) atoms. The molecule has 0 spiro atoms. The normalized spacial score (nSPS) is 16.1. The molecule has 1 N–H and O–H groups in total. The van der Waals surface area contributed by atoms with Crippen LogP contribution >= 0.6 is 27.5 Å². The van der Waals surface area contributed by atoms with Crippen LogP contribution in [-0.4, -0.2) is 38.9 Å². The number of aromatic nitrogens is 3. The van der Waals surface area contributed by atoms with Crippen molar-refractivity contribution in [1.82, 2.24) is 14.8 Å². The first-order valence-corrected chi connectivity index (χ1v) is 12.2. The lowest BCUT2D eigenvalue weighted by Crippen LogP contribution is -2.20. The Bertz CT molecular complexity index is 1490. The zero-order valence-corrected chi connectivity index (χ0v) is 20.5. The summed E-state index contributed by atoms with van der Waals surface area (Å²) in [5, 5.41) is 7.51. The van der Waals surface area contributed by atoms with Gasteiger partial charge in [0.1, 0.15) is 11.4 Å². The van der Waals surface area contributed by atoms with Gasteiger partial charge in [0.25, 0.3) is 0 Å². The van der Waals surface area contributed by atoms with Crippen molar-refractivity contribution in [2.45, 2.75) is 25.5 Å². The van der Waals surface area contributed by atoms with Crippen LogP contribution < -0.4 is 5.32 Å². The summed E-state index contributed by atoms with van der Waals surface area (Å²) < 4.78 is 37.2. The second-order valence-corrected chi connectivity index (χ2v) is 9.21. The Hall–Kier alpha value is -2.95. The van der Waals surface area contributed by atoms with Gasteiger partial charge in [-0.05, 0) is 59.5 Å². The summed E-state index contributed by atoms with van der Waals surface area (Å²) in [5.41, 5.74) is 0.495. The Kier molecular flexibility index (Phi) is 6.52. The number of nitrogens with zero attached hydrogens (tertiary/aromatic N) is 3. The van der Waals surface area contributed by atoms with Crippen LogP contribution in [0.2, 0.25) is 0 Å². The zero-order chi connectivity index (χ0) is 24.7. The van der Waals surface area contributed by atoms with Gasteiger partial charge in [-0.1, -0.05) is 0 Å². The Morgan fingerprint density at radius 2 is 2.06 bits per heavy atom. The molecule has 7 nitrogen and oxygen atoms in total. The highest BCUT2D eigenvalue weighted by Gasteiger charge is 2.28. The smallest absolute Gasteiger partial charge is 0.239 e. The minimum Gasteiger partial charge on any atom is -0.356 e. The van der Waals surface area contributed by atoms with Gasteiger partial charge >= 0.3 is 0 Å². The maximum absolute atomic E-state index is 15.0. The molecule has 1 fully saturated rings. The van der Waals surface area contributed by atoms with E-state index < -0.39 is 29.6 Å². The molecule has 0 saturated carbocycles. The summed E-state index contributed by atoms with van der Waals surface area (Å²) in [6.45, 7) is 0.484.